The number of alkyl halides is 3. The molecule has 1 aromatic carbocycles. The van der Waals surface area contributed by atoms with Gasteiger partial charge in [0.15, 0.2) is 0 Å². The Kier molecular flexibility index (Phi) is 6.68. The minimum absolute atomic E-state index is 0.0398. The van der Waals surface area contributed by atoms with E-state index in [4.69, 9.17) is 46.4 Å². The summed E-state index contributed by atoms with van der Waals surface area (Å²) in [5.74, 6) is -0.682. The lowest BCUT2D eigenvalue weighted by atomic mass is 10.2. The van der Waals surface area contributed by atoms with E-state index >= 15 is 0 Å². The minimum Gasteiger partial charge on any atom is -0.443 e. The van der Waals surface area contributed by atoms with Crippen LogP contribution in [0.15, 0.2) is 24.3 Å². The number of carbonyl (C=O) groups excluding carboxylic acids is 2. The number of nitrogens with one attached hydrogen (secondary N) is 1. The summed E-state index contributed by atoms with van der Waals surface area (Å²) in [5.41, 5.74) is 2.45. The Morgan fingerprint density at radius 2 is 1.75 bits per heavy atom. The second kappa shape index (κ2) is 7.78. The van der Waals surface area contributed by atoms with Gasteiger partial charge in [-0.05, 0) is 17.7 Å². The average molecular weight is 361 g/mol. The molecule has 0 unspecified atom stereocenters. The zero-order chi connectivity index (χ0) is 15.2. The summed E-state index contributed by atoms with van der Waals surface area (Å²) in [6.45, 7) is -0.474. The van der Waals surface area contributed by atoms with Gasteiger partial charge in [-0.2, -0.15) is 0 Å². The van der Waals surface area contributed by atoms with Gasteiger partial charge >= 0.3 is 12.1 Å². The fraction of sp³-hybridized carbons (Fsp3) is 0.273. The van der Waals surface area contributed by atoms with Crippen LogP contribution in [-0.4, -0.2) is 22.5 Å². The maximum absolute atomic E-state index is 11.4. The molecular formula is C11H9Cl4NO4. The Balaban J connectivity index is 2.29. The molecule has 0 aliphatic carbocycles. The molecule has 1 rings (SSSR count). The van der Waals surface area contributed by atoms with Crippen LogP contribution in [0.4, 0.5) is 4.79 Å². The zero-order valence-corrected chi connectivity index (χ0v) is 12.9. The van der Waals surface area contributed by atoms with Crippen LogP contribution in [0.25, 0.3) is 0 Å². The van der Waals surface area contributed by atoms with Crippen LogP contribution in [0.1, 0.15) is 5.56 Å². The summed E-state index contributed by atoms with van der Waals surface area (Å²) in [5, 5.41) is 0.551. The van der Waals surface area contributed by atoms with E-state index in [1.807, 2.05) is 0 Å². The molecule has 0 saturated heterocycles. The largest absolute Gasteiger partial charge is 0.443 e. The van der Waals surface area contributed by atoms with Crippen molar-refractivity contribution in [3.05, 3.63) is 34.9 Å². The summed E-state index contributed by atoms with van der Waals surface area (Å²) in [6, 6.07) is 6.58. The molecule has 20 heavy (non-hydrogen) atoms. The SMILES string of the molecule is O=C(Cc1ccc(Cl)cc1)ONC(=O)OCC(Cl)(Cl)Cl. The van der Waals surface area contributed by atoms with Gasteiger partial charge in [0.25, 0.3) is 0 Å². The van der Waals surface area contributed by atoms with Crippen molar-refractivity contribution < 1.29 is 19.2 Å². The highest BCUT2D eigenvalue weighted by atomic mass is 35.6. The number of ether oxygens (including phenoxy) is 1. The molecule has 0 bridgehead atoms. The van der Waals surface area contributed by atoms with Gasteiger partial charge in [0.1, 0.15) is 6.61 Å². The van der Waals surface area contributed by atoms with Gasteiger partial charge < -0.3 is 9.57 Å². The summed E-state index contributed by atoms with van der Waals surface area (Å²) in [4.78, 5) is 27.0. The molecule has 0 spiro atoms. The number of halogens is 4. The molecule has 0 aliphatic heterocycles. The van der Waals surface area contributed by atoms with Crippen molar-refractivity contribution in [2.24, 2.45) is 0 Å². The van der Waals surface area contributed by atoms with Crippen molar-refractivity contribution in [3.63, 3.8) is 0 Å². The van der Waals surface area contributed by atoms with Gasteiger partial charge in [0.2, 0.25) is 3.79 Å². The highest BCUT2D eigenvalue weighted by molar-refractivity contribution is 6.67. The minimum atomic E-state index is -1.73. The van der Waals surface area contributed by atoms with Crippen molar-refractivity contribution >= 4 is 58.5 Å². The third kappa shape index (κ3) is 7.65. The van der Waals surface area contributed by atoms with Crippen LogP contribution in [0.3, 0.4) is 0 Å². The van der Waals surface area contributed by atoms with Gasteiger partial charge in [-0.25, -0.2) is 9.59 Å². The second-order valence-corrected chi connectivity index (χ2v) is 6.52. The van der Waals surface area contributed by atoms with Crippen LogP contribution in [0.2, 0.25) is 5.02 Å². The van der Waals surface area contributed by atoms with E-state index in [1.54, 1.807) is 29.7 Å². The van der Waals surface area contributed by atoms with E-state index in [-0.39, 0.29) is 6.42 Å². The van der Waals surface area contributed by atoms with Crippen molar-refractivity contribution in [1.29, 1.82) is 0 Å². The predicted octanol–water partition coefficient (Wildman–Crippen LogP) is 3.44. The maximum atomic E-state index is 11.4. The topological polar surface area (TPSA) is 64.6 Å². The number of hydrogen-bond donors (Lipinski definition) is 1. The summed E-state index contributed by atoms with van der Waals surface area (Å²) in [6.07, 6.45) is -1.08. The number of hydroxylamine groups is 1. The van der Waals surface area contributed by atoms with Crippen LogP contribution >= 0.6 is 46.4 Å². The van der Waals surface area contributed by atoms with Gasteiger partial charge in [-0.1, -0.05) is 58.5 Å². The number of benzene rings is 1. The molecule has 0 aromatic heterocycles. The van der Waals surface area contributed by atoms with Gasteiger partial charge in [-0.15, -0.1) is 5.48 Å². The van der Waals surface area contributed by atoms with E-state index in [1.165, 1.54) is 0 Å². The number of amides is 1. The smallest absolute Gasteiger partial charge is 0.440 e. The lowest BCUT2D eigenvalue weighted by molar-refractivity contribution is -0.148. The Hall–Kier alpha value is -0.880. The van der Waals surface area contributed by atoms with Crippen molar-refractivity contribution in [3.8, 4) is 0 Å². The third-order valence-electron chi connectivity index (χ3n) is 1.88. The zero-order valence-electron chi connectivity index (χ0n) is 9.87. The van der Waals surface area contributed by atoms with Crippen LogP contribution in [-0.2, 0) is 20.8 Å². The summed E-state index contributed by atoms with van der Waals surface area (Å²) >= 11 is 21.8. The normalized spacial score (nSPS) is 10.8. The van der Waals surface area contributed by atoms with Crippen LogP contribution < -0.4 is 5.48 Å². The van der Waals surface area contributed by atoms with E-state index < -0.39 is 22.5 Å². The summed E-state index contributed by atoms with van der Waals surface area (Å²) in [7, 11) is 0. The highest BCUT2D eigenvalue weighted by Gasteiger charge is 2.22. The van der Waals surface area contributed by atoms with E-state index in [2.05, 4.69) is 9.57 Å². The molecule has 1 aromatic rings. The fourth-order valence-electron chi connectivity index (χ4n) is 1.08. The Bertz CT molecular complexity index is 472. The van der Waals surface area contributed by atoms with Crippen molar-refractivity contribution in [2.45, 2.75) is 10.2 Å². The van der Waals surface area contributed by atoms with E-state index in [0.717, 1.165) is 0 Å². The van der Waals surface area contributed by atoms with Gasteiger partial charge in [0, 0.05) is 5.02 Å². The predicted molar refractivity (Wildman–Crippen MR) is 76.0 cm³/mol. The first-order valence-electron chi connectivity index (χ1n) is 5.20. The molecule has 1 amide bonds. The number of rotatable bonds is 3. The molecule has 0 fully saturated rings. The Morgan fingerprint density at radius 1 is 1.15 bits per heavy atom. The summed E-state index contributed by atoms with van der Waals surface area (Å²) < 4.78 is 2.75. The molecule has 0 saturated carbocycles. The van der Waals surface area contributed by atoms with Crippen LogP contribution in [0, 0.1) is 0 Å². The first-order valence-corrected chi connectivity index (χ1v) is 6.71. The maximum Gasteiger partial charge on any atom is 0.440 e. The first kappa shape index (κ1) is 17.2. The highest BCUT2D eigenvalue weighted by Crippen LogP contribution is 2.25. The molecule has 0 aliphatic rings. The fourth-order valence-corrected chi connectivity index (χ4v) is 1.37. The number of hydrogen-bond acceptors (Lipinski definition) is 4. The third-order valence-corrected chi connectivity index (χ3v) is 2.46. The van der Waals surface area contributed by atoms with Crippen LogP contribution in [0.5, 0.6) is 0 Å². The average Bonchev–Trinajstić information content (AvgIpc) is 2.36. The standard InChI is InChI=1S/C11H9Cl4NO4/c12-8-3-1-7(2-4-8)5-9(17)20-16-10(18)19-6-11(13,14)15/h1-4H,5-6H2,(H,16,18). The van der Waals surface area contributed by atoms with E-state index in [0.29, 0.717) is 10.6 Å². The van der Waals surface area contributed by atoms with Crippen molar-refractivity contribution in [2.75, 3.05) is 6.61 Å². The lowest BCUT2D eigenvalue weighted by Crippen LogP contribution is -2.30. The molecule has 110 valence electrons. The first-order chi connectivity index (χ1) is 9.26. The quantitative estimate of drug-likeness (QED) is 0.662. The van der Waals surface area contributed by atoms with Gasteiger partial charge in [0.05, 0.1) is 6.42 Å². The number of carbonyl (C=O) groups is 2. The van der Waals surface area contributed by atoms with E-state index in [9.17, 15) is 9.59 Å². The molecule has 9 heteroatoms. The van der Waals surface area contributed by atoms with Gasteiger partial charge in [-0.3, -0.25) is 0 Å². The molecule has 0 heterocycles. The Morgan fingerprint density at radius 3 is 2.30 bits per heavy atom. The molecule has 0 atom stereocenters. The Labute approximate surface area is 135 Å². The van der Waals surface area contributed by atoms with Crippen molar-refractivity contribution in [1.82, 2.24) is 5.48 Å². The monoisotopic (exact) mass is 359 g/mol. The lowest BCUT2D eigenvalue weighted by Gasteiger charge is -2.11. The second-order valence-electron chi connectivity index (χ2n) is 3.57. The molecular weight excluding hydrogens is 352 g/mol. The molecule has 5 nitrogen and oxygen atoms in total. The molecule has 1 N–H and O–H groups in total. The molecule has 0 radical (unpaired) electrons.